The van der Waals surface area contributed by atoms with Crippen LogP contribution in [0.4, 0.5) is 0 Å². The van der Waals surface area contributed by atoms with E-state index in [4.69, 9.17) is 0 Å². The van der Waals surface area contributed by atoms with Gasteiger partial charge in [0.2, 0.25) is 0 Å². The monoisotopic (exact) mass is 230 g/mol. The zero-order valence-corrected chi connectivity index (χ0v) is 10.2. The lowest BCUT2D eigenvalue weighted by atomic mass is 9.73. The first-order valence-corrected chi connectivity index (χ1v) is 6.36. The first-order chi connectivity index (χ1) is 8.24. The van der Waals surface area contributed by atoms with Crippen LogP contribution in [0.1, 0.15) is 43.0 Å². The predicted octanol–water partition coefficient (Wildman–Crippen LogP) is 3.26. The molecule has 1 saturated carbocycles. The highest BCUT2D eigenvalue weighted by molar-refractivity contribution is 6.11. The Morgan fingerprint density at radius 3 is 2.65 bits per heavy atom. The highest BCUT2D eigenvalue weighted by Crippen LogP contribution is 2.32. The summed E-state index contributed by atoms with van der Waals surface area (Å²) < 4.78 is 0. The van der Waals surface area contributed by atoms with E-state index in [1.807, 2.05) is 18.2 Å². The van der Waals surface area contributed by atoms with Gasteiger partial charge in [0.1, 0.15) is 5.78 Å². The molecule has 1 fully saturated rings. The van der Waals surface area contributed by atoms with Gasteiger partial charge in [0.05, 0.1) is 5.92 Å². The van der Waals surface area contributed by atoms with E-state index >= 15 is 0 Å². The highest BCUT2D eigenvalue weighted by Gasteiger charge is 2.36. The molecule has 0 spiro atoms. The van der Waals surface area contributed by atoms with Crippen molar-refractivity contribution in [1.29, 1.82) is 0 Å². The van der Waals surface area contributed by atoms with Crippen LogP contribution >= 0.6 is 0 Å². The van der Waals surface area contributed by atoms with E-state index in [0.29, 0.717) is 12.0 Å². The molecule has 2 heteroatoms. The maximum atomic E-state index is 12.4. The molecule has 0 aliphatic heterocycles. The minimum Gasteiger partial charge on any atom is -0.299 e. The number of benzene rings is 1. The van der Waals surface area contributed by atoms with Crippen LogP contribution < -0.4 is 0 Å². The van der Waals surface area contributed by atoms with E-state index in [9.17, 15) is 9.59 Å². The number of hydrogen-bond donors (Lipinski definition) is 0. The SMILES string of the molecule is CC[C@H]1CCCC(=O)[C@@H]1C(=O)c1ccccc1. The Morgan fingerprint density at radius 2 is 2.00 bits per heavy atom. The summed E-state index contributed by atoms with van der Waals surface area (Å²) in [4.78, 5) is 24.3. The lowest BCUT2D eigenvalue weighted by Gasteiger charge is -2.28. The van der Waals surface area contributed by atoms with Crippen LogP contribution in [-0.2, 0) is 4.79 Å². The normalized spacial score (nSPS) is 24.6. The molecule has 2 nitrogen and oxygen atoms in total. The molecule has 0 aromatic heterocycles. The smallest absolute Gasteiger partial charge is 0.173 e. The van der Waals surface area contributed by atoms with Crippen molar-refractivity contribution in [3.63, 3.8) is 0 Å². The first-order valence-electron chi connectivity index (χ1n) is 6.36. The van der Waals surface area contributed by atoms with E-state index in [1.54, 1.807) is 12.1 Å². The molecule has 2 rings (SSSR count). The Kier molecular flexibility index (Phi) is 3.72. The number of ketones is 2. The third-order valence-electron chi connectivity index (χ3n) is 3.68. The molecule has 1 aliphatic carbocycles. The van der Waals surface area contributed by atoms with Crippen molar-refractivity contribution >= 4 is 11.6 Å². The molecule has 0 radical (unpaired) electrons. The van der Waals surface area contributed by atoms with Crippen molar-refractivity contribution in [2.75, 3.05) is 0 Å². The Labute approximate surface area is 102 Å². The van der Waals surface area contributed by atoms with Gasteiger partial charge in [-0.2, -0.15) is 0 Å². The van der Waals surface area contributed by atoms with Crippen LogP contribution in [-0.4, -0.2) is 11.6 Å². The van der Waals surface area contributed by atoms with Gasteiger partial charge >= 0.3 is 0 Å². The van der Waals surface area contributed by atoms with Gasteiger partial charge in [0, 0.05) is 12.0 Å². The number of hydrogen-bond acceptors (Lipinski definition) is 2. The highest BCUT2D eigenvalue weighted by atomic mass is 16.2. The fourth-order valence-electron chi connectivity index (χ4n) is 2.71. The van der Waals surface area contributed by atoms with E-state index in [0.717, 1.165) is 19.3 Å². The van der Waals surface area contributed by atoms with Crippen LogP contribution in [0.3, 0.4) is 0 Å². The van der Waals surface area contributed by atoms with Gasteiger partial charge in [0.25, 0.3) is 0 Å². The molecule has 90 valence electrons. The Balaban J connectivity index is 2.24. The van der Waals surface area contributed by atoms with E-state index in [-0.39, 0.29) is 17.5 Å². The second-order valence-electron chi connectivity index (χ2n) is 4.73. The number of rotatable bonds is 3. The number of carbonyl (C=O) groups is 2. The first kappa shape index (κ1) is 12.0. The summed E-state index contributed by atoms with van der Waals surface area (Å²) in [6, 6.07) is 9.19. The number of carbonyl (C=O) groups excluding carboxylic acids is 2. The van der Waals surface area contributed by atoms with Gasteiger partial charge in [-0.15, -0.1) is 0 Å². The number of Topliss-reactive ketones (excluding diaryl/α,β-unsaturated/α-hetero) is 2. The van der Waals surface area contributed by atoms with Crippen molar-refractivity contribution in [3.8, 4) is 0 Å². The molecule has 1 aromatic rings. The van der Waals surface area contributed by atoms with Crippen molar-refractivity contribution in [3.05, 3.63) is 35.9 Å². The van der Waals surface area contributed by atoms with Gasteiger partial charge in [-0.1, -0.05) is 43.7 Å². The molecule has 0 amide bonds. The summed E-state index contributed by atoms with van der Waals surface area (Å²) >= 11 is 0. The lowest BCUT2D eigenvalue weighted by Crippen LogP contribution is -2.34. The third-order valence-corrected chi connectivity index (χ3v) is 3.68. The quantitative estimate of drug-likeness (QED) is 0.590. The zero-order chi connectivity index (χ0) is 12.3. The maximum Gasteiger partial charge on any atom is 0.173 e. The average molecular weight is 230 g/mol. The molecule has 0 N–H and O–H groups in total. The van der Waals surface area contributed by atoms with Crippen LogP contribution in [0.25, 0.3) is 0 Å². The van der Waals surface area contributed by atoms with Gasteiger partial charge in [-0.25, -0.2) is 0 Å². The van der Waals surface area contributed by atoms with Gasteiger partial charge in [-0.05, 0) is 18.8 Å². The Bertz CT molecular complexity index is 408. The summed E-state index contributed by atoms with van der Waals surface area (Å²) in [5, 5.41) is 0. The van der Waals surface area contributed by atoms with Crippen LogP contribution in [0.5, 0.6) is 0 Å². The molecular formula is C15H18O2. The molecule has 0 unspecified atom stereocenters. The average Bonchev–Trinajstić information content (AvgIpc) is 2.38. The van der Waals surface area contributed by atoms with Gasteiger partial charge < -0.3 is 0 Å². The Morgan fingerprint density at radius 1 is 1.29 bits per heavy atom. The van der Waals surface area contributed by atoms with Crippen molar-refractivity contribution < 1.29 is 9.59 Å². The molecule has 2 atom stereocenters. The fraction of sp³-hybridized carbons (Fsp3) is 0.467. The van der Waals surface area contributed by atoms with Crippen molar-refractivity contribution in [2.24, 2.45) is 11.8 Å². The second kappa shape index (κ2) is 5.26. The van der Waals surface area contributed by atoms with Crippen LogP contribution in [0.15, 0.2) is 30.3 Å². The summed E-state index contributed by atoms with van der Waals surface area (Å²) in [5.41, 5.74) is 0.672. The van der Waals surface area contributed by atoms with E-state index < -0.39 is 5.92 Å². The zero-order valence-electron chi connectivity index (χ0n) is 10.2. The minimum absolute atomic E-state index is 0.0159. The molecule has 0 saturated heterocycles. The van der Waals surface area contributed by atoms with Gasteiger partial charge in [0.15, 0.2) is 5.78 Å². The summed E-state index contributed by atoms with van der Waals surface area (Å²) in [7, 11) is 0. The summed E-state index contributed by atoms with van der Waals surface area (Å²) in [6.45, 7) is 2.06. The van der Waals surface area contributed by atoms with Gasteiger partial charge in [-0.3, -0.25) is 9.59 Å². The molecular weight excluding hydrogens is 212 g/mol. The van der Waals surface area contributed by atoms with Crippen LogP contribution in [0, 0.1) is 11.8 Å². The molecule has 17 heavy (non-hydrogen) atoms. The second-order valence-corrected chi connectivity index (χ2v) is 4.73. The third kappa shape index (κ3) is 2.46. The largest absolute Gasteiger partial charge is 0.299 e. The fourth-order valence-corrected chi connectivity index (χ4v) is 2.71. The van der Waals surface area contributed by atoms with Crippen molar-refractivity contribution in [2.45, 2.75) is 32.6 Å². The minimum atomic E-state index is -0.392. The molecule has 1 aromatic carbocycles. The standard InChI is InChI=1S/C15H18O2/c1-2-11-9-6-10-13(16)14(11)15(17)12-7-4-3-5-8-12/h3-5,7-8,11,14H,2,6,9-10H2,1H3/t11-,14+/m0/s1. The molecule has 0 heterocycles. The van der Waals surface area contributed by atoms with Crippen molar-refractivity contribution in [1.82, 2.24) is 0 Å². The molecule has 1 aliphatic rings. The lowest BCUT2D eigenvalue weighted by molar-refractivity contribution is -0.124. The predicted molar refractivity (Wildman–Crippen MR) is 66.9 cm³/mol. The van der Waals surface area contributed by atoms with E-state index in [1.165, 1.54) is 0 Å². The maximum absolute atomic E-state index is 12.4. The Hall–Kier alpha value is -1.44. The molecule has 0 bridgehead atoms. The summed E-state index contributed by atoms with van der Waals surface area (Å²) in [5.74, 6) is -0.000732. The topological polar surface area (TPSA) is 34.1 Å². The summed E-state index contributed by atoms with van der Waals surface area (Å²) in [6.07, 6.45) is 3.43. The van der Waals surface area contributed by atoms with Crippen LogP contribution in [0.2, 0.25) is 0 Å². The van der Waals surface area contributed by atoms with E-state index in [2.05, 4.69) is 6.92 Å².